The minimum absolute atomic E-state index is 0.490. The van der Waals surface area contributed by atoms with Crippen LogP contribution < -0.4 is 4.74 Å². The molecule has 0 bridgehead atoms. The van der Waals surface area contributed by atoms with Gasteiger partial charge in [-0.1, -0.05) is 30.3 Å². The molecular formula is C17H15N3O. The van der Waals surface area contributed by atoms with Gasteiger partial charge in [0.15, 0.2) is 0 Å². The van der Waals surface area contributed by atoms with Crippen LogP contribution >= 0.6 is 0 Å². The van der Waals surface area contributed by atoms with Crippen LogP contribution in [-0.2, 0) is 6.61 Å². The summed E-state index contributed by atoms with van der Waals surface area (Å²) in [4.78, 5) is 4.24. The normalized spacial score (nSPS) is 10.3. The van der Waals surface area contributed by atoms with E-state index in [1.54, 1.807) is 6.20 Å². The molecule has 4 heteroatoms. The average Bonchev–Trinajstić information content (AvgIpc) is 2.55. The number of pyridine rings is 1. The Kier molecular flexibility index (Phi) is 3.87. The Hall–Kier alpha value is -2.75. The number of aromatic nitrogens is 3. The van der Waals surface area contributed by atoms with Crippen molar-refractivity contribution >= 4 is 0 Å². The van der Waals surface area contributed by atoms with E-state index in [2.05, 4.69) is 28.2 Å². The summed E-state index contributed by atoms with van der Waals surface area (Å²) in [7, 11) is 0. The van der Waals surface area contributed by atoms with Gasteiger partial charge in [0, 0.05) is 12.3 Å². The molecule has 1 aromatic carbocycles. The van der Waals surface area contributed by atoms with Gasteiger partial charge in [-0.15, -0.1) is 10.2 Å². The lowest BCUT2D eigenvalue weighted by Gasteiger charge is -2.07. The molecule has 0 aliphatic heterocycles. The number of hydrogen-bond donors (Lipinski definition) is 0. The second-order valence-corrected chi connectivity index (χ2v) is 4.69. The van der Waals surface area contributed by atoms with Gasteiger partial charge in [-0.05, 0) is 36.2 Å². The number of rotatable bonds is 4. The van der Waals surface area contributed by atoms with Crippen molar-refractivity contribution in [2.75, 3.05) is 0 Å². The van der Waals surface area contributed by atoms with E-state index in [0.29, 0.717) is 12.5 Å². The van der Waals surface area contributed by atoms with Crippen LogP contribution in [0.25, 0.3) is 11.4 Å². The molecule has 0 N–H and O–H groups in total. The van der Waals surface area contributed by atoms with E-state index < -0.39 is 0 Å². The smallest absolute Gasteiger partial charge is 0.233 e. The number of hydrogen-bond acceptors (Lipinski definition) is 4. The first-order valence-corrected chi connectivity index (χ1v) is 6.75. The predicted molar refractivity (Wildman–Crippen MR) is 80.8 cm³/mol. The first-order chi connectivity index (χ1) is 10.3. The van der Waals surface area contributed by atoms with Crippen molar-refractivity contribution in [1.29, 1.82) is 0 Å². The van der Waals surface area contributed by atoms with Crippen LogP contribution in [0.15, 0.2) is 60.8 Å². The van der Waals surface area contributed by atoms with Crippen molar-refractivity contribution in [3.63, 3.8) is 0 Å². The molecule has 21 heavy (non-hydrogen) atoms. The molecule has 3 rings (SSSR count). The third-order valence-corrected chi connectivity index (χ3v) is 3.20. The first kappa shape index (κ1) is 13.2. The number of aryl methyl sites for hydroxylation is 1. The zero-order chi connectivity index (χ0) is 14.5. The van der Waals surface area contributed by atoms with Gasteiger partial charge in [0.05, 0.1) is 5.69 Å². The van der Waals surface area contributed by atoms with Crippen molar-refractivity contribution in [2.45, 2.75) is 13.5 Å². The van der Waals surface area contributed by atoms with Gasteiger partial charge in [-0.2, -0.15) is 0 Å². The molecule has 104 valence electrons. The fourth-order valence-corrected chi connectivity index (χ4v) is 1.97. The molecule has 0 saturated carbocycles. The predicted octanol–water partition coefficient (Wildman–Crippen LogP) is 3.43. The average molecular weight is 277 g/mol. The van der Waals surface area contributed by atoms with Gasteiger partial charge in [-0.3, -0.25) is 4.98 Å². The van der Waals surface area contributed by atoms with Gasteiger partial charge in [0.2, 0.25) is 5.88 Å². The highest BCUT2D eigenvalue weighted by Gasteiger charge is 2.03. The number of nitrogens with zero attached hydrogens (tertiary/aromatic N) is 3. The summed E-state index contributed by atoms with van der Waals surface area (Å²) in [6.07, 6.45) is 1.74. The first-order valence-electron chi connectivity index (χ1n) is 6.75. The zero-order valence-corrected chi connectivity index (χ0v) is 11.7. The topological polar surface area (TPSA) is 47.9 Å². The van der Waals surface area contributed by atoms with Crippen molar-refractivity contribution in [1.82, 2.24) is 15.2 Å². The third-order valence-electron chi connectivity index (χ3n) is 3.20. The van der Waals surface area contributed by atoms with Crippen LogP contribution in [0, 0.1) is 6.92 Å². The monoisotopic (exact) mass is 277 g/mol. The van der Waals surface area contributed by atoms with Gasteiger partial charge < -0.3 is 4.74 Å². The van der Waals surface area contributed by atoms with Gasteiger partial charge >= 0.3 is 0 Å². The van der Waals surface area contributed by atoms with Crippen molar-refractivity contribution in [2.24, 2.45) is 0 Å². The summed E-state index contributed by atoms with van der Waals surface area (Å²) in [5.74, 6) is 0.512. The van der Waals surface area contributed by atoms with E-state index in [1.807, 2.05) is 48.5 Å². The minimum Gasteiger partial charge on any atom is -0.472 e. The summed E-state index contributed by atoms with van der Waals surface area (Å²) in [6.45, 7) is 2.55. The molecule has 0 atom stereocenters. The largest absolute Gasteiger partial charge is 0.472 e. The molecule has 0 unspecified atom stereocenters. The maximum atomic E-state index is 5.67. The lowest BCUT2D eigenvalue weighted by Crippen LogP contribution is -2.00. The van der Waals surface area contributed by atoms with E-state index in [-0.39, 0.29) is 0 Å². The Morgan fingerprint density at radius 1 is 0.857 bits per heavy atom. The van der Waals surface area contributed by atoms with E-state index in [4.69, 9.17) is 4.74 Å². The van der Waals surface area contributed by atoms with E-state index in [9.17, 15) is 0 Å². The quantitative estimate of drug-likeness (QED) is 0.733. The maximum absolute atomic E-state index is 5.67. The second kappa shape index (κ2) is 6.13. The molecule has 0 spiro atoms. The Balaban J connectivity index is 1.69. The van der Waals surface area contributed by atoms with Crippen LogP contribution in [0.4, 0.5) is 0 Å². The highest BCUT2D eigenvalue weighted by Crippen LogP contribution is 2.16. The Labute approximate surface area is 123 Å². The molecular weight excluding hydrogens is 262 g/mol. The lowest BCUT2D eigenvalue weighted by molar-refractivity contribution is 0.289. The van der Waals surface area contributed by atoms with Gasteiger partial charge in [-0.25, -0.2) is 0 Å². The summed E-state index contributed by atoms with van der Waals surface area (Å²) >= 11 is 0. The van der Waals surface area contributed by atoms with Crippen LogP contribution in [0.1, 0.15) is 11.1 Å². The SMILES string of the molecule is Cc1ccccc1COc1ccc(-c2ccccn2)nn1. The summed E-state index contributed by atoms with van der Waals surface area (Å²) in [5, 5.41) is 8.23. The third kappa shape index (κ3) is 3.23. The van der Waals surface area contributed by atoms with Crippen molar-refractivity contribution < 1.29 is 4.74 Å². The molecule has 0 fully saturated rings. The van der Waals surface area contributed by atoms with Crippen LogP contribution in [0.3, 0.4) is 0 Å². The molecule has 0 aliphatic carbocycles. The van der Waals surface area contributed by atoms with E-state index in [1.165, 1.54) is 5.56 Å². The van der Waals surface area contributed by atoms with Crippen LogP contribution in [0.2, 0.25) is 0 Å². The zero-order valence-electron chi connectivity index (χ0n) is 11.7. The summed E-state index contributed by atoms with van der Waals surface area (Å²) in [6, 6.07) is 17.5. The molecule has 0 aliphatic rings. The Morgan fingerprint density at radius 2 is 1.71 bits per heavy atom. The van der Waals surface area contributed by atoms with E-state index in [0.717, 1.165) is 17.0 Å². The fourth-order valence-electron chi connectivity index (χ4n) is 1.97. The highest BCUT2D eigenvalue weighted by atomic mass is 16.5. The molecule has 4 nitrogen and oxygen atoms in total. The van der Waals surface area contributed by atoms with Crippen molar-refractivity contribution in [3.8, 4) is 17.3 Å². The fraction of sp³-hybridized carbons (Fsp3) is 0.118. The van der Waals surface area contributed by atoms with Crippen molar-refractivity contribution in [3.05, 3.63) is 71.9 Å². The second-order valence-electron chi connectivity index (χ2n) is 4.69. The maximum Gasteiger partial charge on any atom is 0.233 e. The minimum atomic E-state index is 0.490. The molecule has 3 aromatic rings. The molecule has 0 radical (unpaired) electrons. The molecule has 0 saturated heterocycles. The lowest BCUT2D eigenvalue weighted by atomic mass is 10.1. The van der Waals surface area contributed by atoms with Crippen LogP contribution in [0.5, 0.6) is 5.88 Å². The Morgan fingerprint density at radius 3 is 2.43 bits per heavy atom. The summed E-state index contributed by atoms with van der Waals surface area (Å²) < 4.78 is 5.67. The molecule has 2 heterocycles. The molecule has 2 aromatic heterocycles. The Bertz CT molecular complexity index is 712. The number of ether oxygens (including phenoxy) is 1. The molecule has 0 amide bonds. The van der Waals surface area contributed by atoms with Gasteiger partial charge in [0.1, 0.15) is 12.3 Å². The van der Waals surface area contributed by atoms with Gasteiger partial charge in [0.25, 0.3) is 0 Å². The summed E-state index contributed by atoms with van der Waals surface area (Å²) in [5.41, 5.74) is 3.89. The van der Waals surface area contributed by atoms with Crippen LogP contribution in [-0.4, -0.2) is 15.2 Å². The highest BCUT2D eigenvalue weighted by molar-refractivity contribution is 5.52. The number of benzene rings is 1. The van der Waals surface area contributed by atoms with E-state index >= 15 is 0 Å². The standard InChI is InChI=1S/C17H15N3O/c1-13-6-2-3-7-14(13)12-21-17-10-9-16(19-20-17)15-8-4-5-11-18-15/h2-11H,12H2,1H3.